The molecule has 0 aliphatic carbocycles. The number of likely N-dealkylation sites (N-methyl/N-ethyl adjacent to an activating group) is 1. The van der Waals surface area contributed by atoms with Crippen LogP contribution in [0.3, 0.4) is 0 Å². The Bertz CT molecular complexity index is 461. The standard InChI is InChI=1S/C16H24N2O2/c1-4-15(19)18-11-10-16(20,14(12-18)17(2)3)13-8-6-5-7-9-13/h5-9,14,20H,4,10-12H2,1-3H3/t14-,16?/m1/s1. The summed E-state index contributed by atoms with van der Waals surface area (Å²) in [4.78, 5) is 15.8. The molecule has 0 saturated carbocycles. The molecular weight excluding hydrogens is 252 g/mol. The number of carbonyl (C=O) groups is 1. The van der Waals surface area contributed by atoms with E-state index in [2.05, 4.69) is 0 Å². The van der Waals surface area contributed by atoms with E-state index >= 15 is 0 Å². The third-order valence-corrected chi connectivity index (χ3v) is 4.26. The van der Waals surface area contributed by atoms with Crippen molar-refractivity contribution in [1.82, 2.24) is 9.80 Å². The normalized spacial score (nSPS) is 26.9. The monoisotopic (exact) mass is 276 g/mol. The zero-order valence-electron chi connectivity index (χ0n) is 12.5. The fourth-order valence-electron chi connectivity index (χ4n) is 3.03. The first-order valence-electron chi connectivity index (χ1n) is 7.21. The van der Waals surface area contributed by atoms with E-state index in [1.807, 2.05) is 61.2 Å². The van der Waals surface area contributed by atoms with E-state index in [-0.39, 0.29) is 11.9 Å². The number of carbonyl (C=O) groups excluding carboxylic acids is 1. The highest BCUT2D eigenvalue weighted by Crippen LogP contribution is 2.35. The van der Waals surface area contributed by atoms with Crippen LogP contribution in [0.5, 0.6) is 0 Å². The summed E-state index contributed by atoms with van der Waals surface area (Å²) in [6.45, 7) is 3.07. The molecule has 4 heteroatoms. The van der Waals surface area contributed by atoms with E-state index in [1.165, 1.54) is 0 Å². The minimum absolute atomic E-state index is 0.0888. The Morgan fingerprint density at radius 3 is 2.60 bits per heavy atom. The summed E-state index contributed by atoms with van der Waals surface area (Å²) in [7, 11) is 3.91. The van der Waals surface area contributed by atoms with Crippen LogP contribution >= 0.6 is 0 Å². The van der Waals surface area contributed by atoms with Crippen molar-refractivity contribution in [3.05, 3.63) is 35.9 Å². The molecule has 0 aromatic heterocycles. The number of hydrogen-bond donors (Lipinski definition) is 1. The molecule has 1 fully saturated rings. The van der Waals surface area contributed by atoms with E-state index in [9.17, 15) is 9.90 Å². The number of benzene rings is 1. The van der Waals surface area contributed by atoms with Gasteiger partial charge in [-0.05, 0) is 26.1 Å². The van der Waals surface area contributed by atoms with Crippen LogP contribution in [0.25, 0.3) is 0 Å². The van der Waals surface area contributed by atoms with Gasteiger partial charge in [0.05, 0.1) is 6.04 Å². The number of aliphatic hydroxyl groups is 1. The average molecular weight is 276 g/mol. The lowest BCUT2D eigenvalue weighted by molar-refractivity contribution is -0.141. The second kappa shape index (κ2) is 5.94. The number of hydrogen-bond acceptors (Lipinski definition) is 3. The molecule has 1 unspecified atom stereocenters. The lowest BCUT2D eigenvalue weighted by Crippen LogP contribution is -2.60. The Kier molecular flexibility index (Phi) is 4.45. The molecule has 2 atom stereocenters. The molecule has 0 radical (unpaired) electrons. The molecule has 1 aromatic rings. The van der Waals surface area contributed by atoms with Gasteiger partial charge in [-0.15, -0.1) is 0 Å². The quantitative estimate of drug-likeness (QED) is 0.908. The van der Waals surface area contributed by atoms with Crippen LogP contribution in [0.15, 0.2) is 30.3 Å². The molecule has 0 bridgehead atoms. The van der Waals surface area contributed by atoms with Crippen LogP contribution in [-0.4, -0.2) is 54.0 Å². The molecule has 0 spiro atoms. The fourth-order valence-corrected chi connectivity index (χ4v) is 3.03. The third-order valence-electron chi connectivity index (χ3n) is 4.26. The van der Waals surface area contributed by atoms with Gasteiger partial charge < -0.3 is 14.9 Å². The lowest BCUT2D eigenvalue weighted by Gasteiger charge is -2.47. The molecule has 1 amide bonds. The first-order chi connectivity index (χ1) is 9.49. The summed E-state index contributed by atoms with van der Waals surface area (Å²) >= 11 is 0. The highest BCUT2D eigenvalue weighted by molar-refractivity contribution is 5.76. The van der Waals surface area contributed by atoms with Crippen molar-refractivity contribution in [3.8, 4) is 0 Å². The summed E-state index contributed by atoms with van der Waals surface area (Å²) in [6.07, 6.45) is 1.09. The predicted molar refractivity (Wildman–Crippen MR) is 79.3 cm³/mol. The molecule has 1 N–H and O–H groups in total. The van der Waals surface area contributed by atoms with Gasteiger partial charge >= 0.3 is 0 Å². The Morgan fingerprint density at radius 1 is 1.40 bits per heavy atom. The maximum absolute atomic E-state index is 11.9. The Balaban J connectivity index is 2.28. The van der Waals surface area contributed by atoms with Crippen molar-refractivity contribution in [1.29, 1.82) is 0 Å². The van der Waals surface area contributed by atoms with Gasteiger partial charge in [0.25, 0.3) is 0 Å². The van der Waals surface area contributed by atoms with Gasteiger partial charge in [-0.3, -0.25) is 4.79 Å². The van der Waals surface area contributed by atoms with Gasteiger partial charge in [0.2, 0.25) is 5.91 Å². The first-order valence-corrected chi connectivity index (χ1v) is 7.21. The zero-order chi connectivity index (χ0) is 14.8. The second-order valence-electron chi connectivity index (χ2n) is 5.71. The van der Waals surface area contributed by atoms with Crippen molar-refractivity contribution in [3.63, 3.8) is 0 Å². The Labute approximate surface area is 121 Å². The Hall–Kier alpha value is -1.39. The molecule has 110 valence electrons. The Morgan fingerprint density at radius 2 is 2.05 bits per heavy atom. The van der Waals surface area contributed by atoms with Gasteiger partial charge in [-0.1, -0.05) is 37.3 Å². The zero-order valence-corrected chi connectivity index (χ0v) is 12.5. The summed E-state index contributed by atoms with van der Waals surface area (Å²) in [5.41, 5.74) is 0.0391. The first kappa shape index (κ1) is 15.0. The minimum Gasteiger partial charge on any atom is -0.383 e. The maximum Gasteiger partial charge on any atom is 0.222 e. The summed E-state index contributed by atoms with van der Waals surface area (Å²) in [6, 6.07) is 9.69. The van der Waals surface area contributed by atoms with Crippen LogP contribution in [0.1, 0.15) is 25.3 Å². The van der Waals surface area contributed by atoms with Crippen molar-refractivity contribution < 1.29 is 9.90 Å². The SMILES string of the molecule is CCC(=O)N1CCC(O)(c2ccccc2)[C@H](N(C)C)C1. The number of nitrogens with zero attached hydrogens (tertiary/aromatic N) is 2. The molecule has 1 aliphatic rings. The molecule has 1 heterocycles. The van der Waals surface area contributed by atoms with Crippen molar-refractivity contribution in [2.24, 2.45) is 0 Å². The predicted octanol–water partition coefficient (Wildman–Crippen LogP) is 1.45. The van der Waals surface area contributed by atoms with Crippen molar-refractivity contribution >= 4 is 5.91 Å². The molecule has 20 heavy (non-hydrogen) atoms. The van der Waals surface area contributed by atoms with E-state index in [0.29, 0.717) is 25.9 Å². The second-order valence-corrected chi connectivity index (χ2v) is 5.71. The highest BCUT2D eigenvalue weighted by atomic mass is 16.3. The third kappa shape index (κ3) is 2.72. The smallest absolute Gasteiger partial charge is 0.222 e. The largest absolute Gasteiger partial charge is 0.383 e. The van der Waals surface area contributed by atoms with Crippen LogP contribution in [0.4, 0.5) is 0 Å². The number of amides is 1. The summed E-state index contributed by atoms with van der Waals surface area (Å²) in [5, 5.41) is 11.2. The van der Waals surface area contributed by atoms with Gasteiger partial charge in [0.15, 0.2) is 0 Å². The van der Waals surface area contributed by atoms with Gasteiger partial charge in [-0.25, -0.2) is 0 Å². The van der Waals surface area contributed by atoms with Crippen LogP contribution < -0.4 is 0 Å². The van der Waals surface area contributed by atoms with E-state index in [4.69, 9.17) is 0 Å². The molecular formula is C16H24N2O2. The van der Waals surface area contributed by atoms with Crippen LogP contribution in [0.2, 0.25) is 0 Å². The summed E-state index contributed by atoms with van der Waals surface area (Å²) < 4.78 is 0. The number of likely N-dealkylation sites (tertiary alicyclic amines) is 1. The highest BCUT2D eigenvalue weighted by Gasteiger charge is 2.44. The average Bonchev–Trinajstić information content (AvgIpc) is 2.47. The van der Waals surface area contributed by atoms with Crippen molar-refractivity contribution in [2.45, 2.75) is 31.4 Å². The maximum atomic E-state index is 11.9. The fraction of sp³-hybridized carbons (Fsp3) is 0.562. The molecule has 4 nitrogen and oxygen atoms in total. The van der Waals surface area contributed by atoms with Crippen molar-refractivity contribution in [2.75, 3.05) is 27.2 Å². The molecule has 1 saturated heterocycles. The lowest BCUT2D eigenvalue weighted by atomic mass is 9.79. The number of piperidine rings is 1. The molecule has 2 rings (SSSR count). The topological polar surface area (TPSA) is 43.8 Å². The molecule has 1 aliphatic heterocycles. The van der Waals surface area contributed by atoms with Gasteiger partial charge in [0.1, 0.15) is 5.60 Å². The van der Waals surface area contributed by atoms with E-state index < -0.39 is 5.60 Å². The van der Waals surface area contributed by atoms with Crippen LogP contribution in [-0.2, 0) is 10.4 Å². The van der Waals surface area contributed by atoms with Crippen LogP contribution in [0, 0.1) is 0 Å². The van der Waals surface area contributed by atoms with Gasteiger partial charge in [0, 0.05) is 19.5 Å². The van der Waals surface area contributed by atoms with Gasteiger partial charge in [-0.2, -0.15) is 0 Å². The number of rotatable bonds is 3. The van der Waals surface area contributed by atoms with E-state index in [1.54, 1.807) is 0 Å². The summed E-state index contributed by atoms with van der Waals surface area (Å²) in [5.74, 6) is 0.159. The van der Waals surface area contributed by atoms with E-state index in [0.717, 1.165) is 5.56 Å². The molecule has 1 aromatic carbocycles. The minimum atomic E-state index is -0.894.